The molecule has 0 aliphatic heterocycles. The van der Waals surface area contributed by atoms with Gasteiger partial charge in [-0.15, -0.1) is 0 Å². The Morgan fingerprint density at radius 2 is 1.85 bits per heavy atom. The van der Waals surface area contributed by atoms with Gasteiger partial charge in [0.15, 0.2) is 0 Å². The Bertz CT molecular complexity index is 387. The van der Waals surface area contributed by atoms with Crippen LogP contribution in [0.3, 0.4) is 0 Å². The van der Waals surface area contributed by atoms with E-state index in [1.165, 1.54) is 19.3 Å². The first-order chi connectivity index (χ1) is 9.42. The number of sulfonamides is 1. The van der Waals surface area contributed by atoms with Crippen LogP contribution in [0, 0.1) is 11.8 Å². The number of hydrogen-bond acceptors (Lipinski definition) is 3. The SMILES string of the molecule is CCCCC1CCC(C(=O)NCCCS(N)(=O)=O)CC1. The van der Waals surface area contributed by atoms with Gasteiger partial charge >= 0.3 is 0 Å². The maximum absolute atomic E-state index is 12.0. The molecule has 0 radical (unpaired) electrons. The summed E-state index contributed by atoms with van der Waals surface area (Å²) in [5.41, 5.74) is 0. The van der Waals surface area contributed by atoms with E-state index >= 15 is 0 Å². The second-order valence-corrected chi connectivity index (χ2v) is 7.61. The van der Waals surface area contributed by atoms with Gasteiger partial charge in [-0.2, -0.15) is 0 Å². The largest absolute Gasteiger partial charge is 0.356 e. The summed E-state index contributed by atoms with van der Waals surface area (Å²) in [6.45, 7) is 2.60. The van der Waals surface area contributed by atoms with Crippen LogP contribution in [0.2, 0.25) is 0 Å². The van der Waals surface area contributed by atoms with E-state index in [1.54, 1.807) is 0 Å². The quantitative estimate of drug-likeness (QED) is 0.670. The van der Waals surface area contributed by atoms with Crippen LogP contribution < -0.4 is 10.5 Å². The van der Waals surface area contributed by atoms with E-state index in [0.717, 1.165) is 31.6 Å². The zero-order chi connectivity index (χ0) is 15.0. The Balaban J connectivity index is 2.16. The Kier molecular flexibility index (Phi) is 7.51. The van der Waals surface area contributed by atoms with Crippen molar-refractivity contribution in [2.75, 3.05) is 12.3 Å². The van der Waals surface area contributed by atoms with Gasteiger partial charge in [0.05, 0.1) is 5.75 Å². The molecule has 6 heteroatoms. The van der Waals surface area contributed by atoms with Crippen LogP contribution in [0.15, 0.2) is 0 Å². The second kappa shape index (κ2) is 8.62. The average Bonchev–Trinajstić information content (AvgIpc) is 2.40. The molecule has 0 heterocycles. The van der Waals surface area contributed by atoms with Gasteiger partial charge in [0, 0.05) is 12.5 Å². The van der Waals surface area contributed by atoms with Crippen LogP contribution in [0.1, 0.15) is 58.3 Å². The van der Waals surface area contributed by atoms with Gasteiger partial charge < -0.3 is 5.32 Å². The van der Waals surface area contributed by atoms with Crippen molar-refractivity contribution in [1.82, 2.24) is 5.32 Å². The number of hydrogen-bond donors (Lipinski definition) is 2. The number of carbonyl (C=O) groups is 1. The van der Waals surface area contributed by atoms with E-state index in [9.17, 15) is 13.2 Å². The monoisotopic (exact) mass is 304 g/mol. The summed E-state index contributed by atoms with van der Waals surface area (Å²) in [5.74, 6) is 0.911. The van der Waals surface area contributed by atoms with Crippen LogP contribution in [0.4, 0.5) is 0 Å². The van der Waals surface area contributed by atoms with Gasteiger partial charge in [0.25, 0.3) is 0 Å². The molecule has 1 rings (SSSR count). The summed E-state index contributed by atoms with van der Waals surface area (Å²) in [7, 11) is -3.41. The van der Waals surface area contributed by atoms with Gasteiger partial charge in [-0.1, -0.05) is 26.2 Å². The van der Waals surface area contributed by atoms with E-state index in [-0.39, 0.29) is 17.6 Å². The summed E-state index contributed by atoms with van der Waals surface area (Å²) in [6.07, 6.45) is 8.44. The maximum atomic E-state index is 12.0. The molecule has 1 saturated carbocycles. The molecule has 0 bridgehead atoms. The van der Waals surface area contributed by atoms with Crippen molar-refractivity contribution in [2.45, 2.75) is 58.3 Å². The average molecular weight is 304 g/mol. The van der Waals surface area contributed by atoms with E-state index < -0.39 is 10.0 Å². The van der Waals surface area contributed by atoms with Crippen LogP contribution in [0.5, 0.6) is 0 Å². The van der Waals surface area contributed by atoms with Crippen LogP contribution in [-0.2, 0) is 14.8 Å². The normalized spacial score (nSPS) is 23.5. The smallest absolute Gasteiger partial charge is 0.223 e. The minimum atomic E-state index is -3.41. The lowest BCUT2D eigenvalue weighted by molar-refractivity contribution is -0.126. The first kappa shape index (κ1) is 17.4. The standard InChI is InChI=1S/C14H28N2O3S/c1-2-3-5-12-6-8-13(9-7-12)14(17)16-10-4-11-20(15,18)19/h12-13H,2-11H2,1H3,(H,16,17)(H2,15,18,19). The molecule has 20 heavy (non-hydrogen) atoms. The Hall–Kier alpha value is -0.620. The highest BCUT2D eigenvalue weighted by Crippen LogP contribution is 2.31. The van der Waals surface area contributed by atoms with E-state index in [2.05, 4.69) is 12.2 Å². The summed E-state index contributed by atoms with van der Waals surface area (Å²) in [4.78, 5) is 12.0. The fraction of sp³-hybridized carbons (Fsp3) is 0.929. The van der Waals surface area contributed by atoms with E-state index in [1.807, 2.05) is 0 Å². The van der Waals surface area contributed by atoms with Crippen molar-refractivity contribution in [3.8, 4) is 0 Å². The zero-order valence-corrected chi connectivity index (χ0v) is 13.3. The molecule has 0 aromatic carbocycles. The van der Waals surface area contributed by atoms with Crippen molar-refractivity contribution >= 4 is 15.9 Å². The molecule has 118 valence electrons. The van der Waals surface area contributed by atoms with Crippen molar-refractivity contribution in [2.24, 2.45) is 17.0 Å². The Morgan fingerprint density at radius 1 is 1.20 bits per heavy atom. The minimum Gasteiger partial charge on any atom is -0.356 e. The minimum absolute atomic E-state index is 0.0724. The molecular formula is C14H28N2O3S. The third kappa shape index (κ3) is 7.24. The highest BCUT2D eigenvalue weighted by Gasteiger charge is 2.25. The van der Waals surface area contributed by atoms with Crippen LogP contribution >= 0.6 is 0 Å². The number of rotatable bonds is 8. The highest BCUT2D eigenvalue weighted by molar-refractivity contribution is 7.89. The van der Waals surface area contributed by atoms with Crippen molar-refractivity contribution in [1.29, 1.82) is 0 Å². The lowest BCUT2D eigenvalue weighted by atomic mass is 9.79. The first-order valence-corrected chi connectivity index (χ1v) is 9.42. The number of primary sulfonamides is 1. The summed E-state index contributed by atoms with van der Waals surface area (Å²) in [5, 5.41) is 7.73. The van der Waals surface area contributed by atoms with Gasteiger partial charge in [-0.3, -0.25) is 4.79 Å². The van der Waals surface area contributed by atoms with Crippen molar-refractivity contribution in [3.63, 3.8) is 0 Å². The molecular weight excluding hydrogens is 276 g/mol. The third-order valence-electron chi connectivity index (χ3n) is 4.09. The fourth-order valence-corrected chi connectivity index (χ4v) is 3.38. The molecule has 3 N–H and O–H groups in total. The van der Waals surface area contributed by atoms with E-state index in [0.29, 0.717) is 13.0 Å². The van der Waals surface area contributed by atoms with Crippen LogP contribution in [0.25, 0.3) is 0 Å². The third-order valence-corrected chi connectivity index (χ3v) is 4.95. The number of unbranched alkanes of at least 4 members (excludes halogenated alkanes) is 1. The first-order valence-electron chi connectivity index (χ1n) is 7.70. The summed E-state index contributed by atoms with van der Waals surface area (Å²) < 4.78 is 21.5. The molecule has 0 unspecified atom stereocenters. The molecule has 0 aromatic rings. The Labute approximate surface area is 122 Å². The molecule has 0 aromatic heterocycles. The van der Waals surface area contributed by atoms with Crippen molar-refractivity contribution in [3.05, 3.63) is 0 Å². The number of nitrogens with two attached hydrogens (primary N) is 1. The van der Waals surface area contributed by atoms with Crippen LogP contribution in [-0.4, -0.2) is 26.6 Å². The molecule has 0 saturated heterocycles. The second-order valence-electron chi connectivity index (χ2n) is 5.87. The van der Waals surface area contributed by atoms with Gasteiger partial charge in [-0.05, 0) is 38.0 Å². The summed E-state index contributed by atoms with van der Waals surface area (Å²) in [6, 6.07) is 0. The van der Waals surface area contributed by atoms with Gasteiger partial charge in [-0.25, -0.2) is 13.6 Å². The molecule has 1 amide bonds. The van der Waals surface area contributed by atoms with Gasteiger partial charge in [0.1, 0.15) is 0 Å². The summed E-state index contributed by atoms with van der Waals surface area (Å²) >= 11 is 0. The number of amides is 1. The molecule has 1 fully saturated rings. The zero-order valence-electron chi connectivity index (χ0n) is 12.4. The molecule has 0 spiro atoms. The maximum Gasteiger partial charge on any atom is 0.223 e. The molecule has 1 aliphatic rings. The predicted molar refractivity (Wildman–Crippen MR) is 80.6 cm³/mol. The predicted octanol–water partition coefficient (Wildman–Crippen LogP) is 1.78. The Morgan fingerprint density at radius 3 is 2.40 bits per heavy atom. The molecule has 1 aliphatic carbocycles. The van der Waals surface area contributed by atoms with Gasteiger partial charge in [0.2, 0.25) is 15.9 Å². The fourth-order valence-electron chi connectivity index (χ4n) is 2.84. The number of carbonyl (C=O) groups excluding carboxylic acids is 1. The highest BCUT2D eigenvalue weighted by atomic mass is 32.2. The lowest BCUT2D eigenvalue weighted by Gasteiger charge is -2.27. The topological polar surface area (TPSA) is 89.3 Å². The van der Waals surface area contributed by atoms with Crippen molar-refractivity contribution < 1.29 is 13.2 Å². The number of nitrogens with one attached hydrogen (secondary N) is 1. The van der Waals surface area contributed by atoms with E-state index in [4.69, 9.17) is 5.14 Å². The molecule has 0 atom stereocenters. The lowest BCUT2D eigenvalue weighted by Crippen LogP contribution is -2.34. The molecule has 5 nitrogen and oxygen atoms in total.